The maximum atomic E-state index is 13.0. The summed E-state index contributed by atoms with van der Waals surface area (Å²) in [6.07, 6.45) is 2.42. The van der Waals surface area contributed by atoms with Crippen LogP contribution in [0, 0.1) is 11.6 Å². The van der Waals surface area contributed by atoms with Gasteiger partial charge in [0.25, 0.3) is 0 Å². The second-order valence-electron chi connectivity index (χ2n) is 2.60. The lowest BCUT2D eigenvalue weighted by Gasteiger charge is -1.95. The van der Waals surface area contributed by atoms with Gasteiger partial charge in [0.05, 0.1) is 5.88 Å². The Labute approximate surface area is 85.0 Å². The van der Waals surface area contributed by atoms with Crippen LogP contribution in [0.1, 0.15) is 5.56 Å². The van der Waals surface area contributed by atoms with Gasteiger partial charge in [0.15, 0.2) is 5.78 Å². The highest BCUT2D eigenvalue weighted by Crippen LogP contribution is 2.10. The van der Waals surface area contributed by atoms with Crippen LogP contribution in [0.25, 0.3) is 6.08 Å². The molecule has 0 aliphatic heterocycles. The minimum absolute atomic E-state index is 0.153. The van der Waals surface area contributed by atoms with Crippen molar-refractivity contribution >= 4 is 23.5 Å². The van der Waals surface area contributed by atoms with Gasteiger partial charge in [-0.1, -0.05) is 0 Å². The molecule has 0 fully saturated rings. The third-order valence-electron chi connectivity index (χ3n) is 1.54. The van der Waals surface area contributed by atoms with Gasteiger partial charge in [-0.3, -0.25) is 4.79 Å². The summed E-state index contributed by atoms with van der Waals surface area (Å²) < 4.78 is 25.4. The fourth-order valence-corrected chi connectivity index (χ4v) is 0.953. The van der Waals surface area contributed by atoms with Crippen LogP contribution in [-0.4, -0.2) is 11.7 Å². The molecule has 0 aliphatic carbocycles. The van der Waals surface area contributed by atoms with Gasteiger partial charge in [-0.25, -0.2) is 8.78 Å². The van der Waals surface area contributed by atoms with Gasteiger partial charge in [0.2, 0.25) is 0 Å². The lowest BCUT2D eigenvalue weighted by Crippen LogP contribution is -1.92. The monoisotopic (exact) mass is 216 g/mol. The van der Waals surface area contributed by atoms with E-state index in [1.165, 1.54) is 12.1 Å². The van der Waals surface area contributed by atoms with E-state index < -0.39 is 11.6 Å². The standard InChI is InChI=1S/C10H7ClF2O/c11-6-9(14)4-2-7-1-3-8(12)5-10(7)13/h1-5H,6H2. The maximum absolute atomic E-state index is 13.0. The van der Waals surface area contributed by atoms with Crippen molar-refractivity contribution in [3.63, 3.8) is 0 Å². The summed E-state index contributed by atoms with van der Waals surface area (Å²) in [6.45, 7) is 0. The molecule has 0 spiro atoms. The Bertz CT molecular complexity index is 374. The van der Waals surface area contributed by atoms with Gasteiger partial charge in [-0.05, 0) is 24.3 Å². The number of ketones is 1. The molecule has 0 radical (unpaired) electrons. The molecule has 1 nitrogen and oxygen atoms in total. The number of hydrogen-bond donors (Lipinski definition) is 0. The Morgan fingerprint density at radius 3 is 2.71 bits per heavy atom. The van der Waals surface area contributed by atoms with Crippen molar-refractivity contribution in [2.24, 2.45) is 0 Å². The second-order valence-corrected chi connectivity index (χ2v) is 2.87. The van der Waals surface area contributed by atoms with E-state index in [0.29, 0.717) is 0 Å². The van der Waals surface area contributed by atoms with Crippen LogP contribution >= 0.6 is 11.6 Å². The highest BCUT2D eigenvalue weighted by atomic mass is 35.5. The number of benzene rings is 1. The molecule has 74 valence electrons. The van der Waals surface area contributed by atoms with Gasteiger partial charge in [0.1, 0.15) is 11.6 Å². The van der Waals surface area contributed by atoms with Gasteiger partial charge >= 0.3 is 0 Å². The zero-order valence-corrected chi connectivity index (χ0v) is 7.89. The number of rotatable bonds is 3. The van der Waals surface area contributed by atoms with Crippen molar-refractivity contribution in [3.05, 3.63) is 41.5 Å². The van der Waals surface area contributed by atoms with E-state index in [4.69, 9.17) is 11.6 Å². The predicted octanol–water partition coefficient (Wildman–Crippen LogP) is 2.79. The van der Waals surface area contributed by atoms with E-state index >= 15 is 0 Å². The molecule has 0 aromatic heterocycles. The molecule has 4 heteroatoms. The molecule has 0 amide bonds. The summed E-state index contributed by atoms with van der Waals surface area (Å²) in [5.41, 5.74) is 0.157. The summed E-state index contributed by atoms with van der Waals surface area (Å²) >= 11 is 5.23. The molecular weight excluding hydrogens is 210 g/mol. The van der Waals surface area contributed by atoms with Crippen molar-refractivity contribution in [2.45, 2.75) is 0 Å². The largest absolute Gasteiger partial charge is 0.294 e. The lowest BCUT2D eigenvalue weighted by atomic mass is 10.2. The summed E-state index contributed by atoms with van der Waals surface area (Å²) in [4.78, 5) is 10.7. The molecule has 0 N–H and O–H groups in total. The van der Waals surface area contributed by atoms with E-state index in [1.807, 2.05) is 0 Å². The number of allylic oxidation sites excluding steroid dienone is 1. The molecule has 1 rings (SSSR count). The van der Waals surface area contributed by atoms with Gasteiger partial charge in [0, 0.05) is 11.6 Å². The van der Waals surface area contributed by atoms with Crippen LogP contribution in [-0.2, 0) is 4.79 Å². The Morgan fingerprint density at radius 2 is 2.14 bits per heavy atom. The smallest absolute Gasteiger partial charge is 0.170 e. The van der Waals surface area contributed by atoms with E-state index in [9.17, 15) is 13.6 Å². The van der Waals surface area contributed by atoms with Crippen molar-refractivity contribution in [1.82, 2.24) is 0 Å². The number of hydrogen-bond acceptors (Lipinski definition) is 1. The summed E-state index contributed by atoms with van der Waals surface area (Å²) in [5, 5.41) is 0. The molecule has 0 atom stereocenters. The molecule has 14 heavy (non-hydrogen) atoms. The number of alkyl halides is 1. The zero-order valence-electron chi connectivity index (χ0n) is 7.14. The summed E-state index contributed by atoms with van der Waals surface area (Å²) in [5.74, 6) is -1.83. The first kappa shape index (κ1) is 10.9. The van der Waals surface area contributed by atoms with Gasteiger partial charge in [-0.15, -0.1) is 11.6 Å². The Morgan fingerprint density at radius 1 is 1.43 bits per heavy atom. The molecular formula is C10H7ClF2O. The normalized spacial score (nSPS) is 10.8. The molecule has 1 aromatic rings. The van der Waals surface area contributed by atoms with Crippen LogP contribution in [0.5, 0.6) is 0 Å². The van der Waals surface area contributed by atoms with Crippen molar-refractivity contribution in [3.8, 4) is 0 Å². The minimum atomic E-state index is -0.705. The van der Waals surface area contributed by atoms with Crippen molar-refractivity contribution in [2.75, 3.05) is 5.88 Å². The Hall–Kier alpha value is -1.22. The predicted molar refractivity (Wildman–Crippen MR) is 51.1 cm³/mol. The lowest BCUT2D eigenvalue weighted by molar-refractivity contribution is -0.112. The maximum Gasteiger partial charge on any atom is 0.170 e. The third kappa shape index (κ3) is 2.92. The van der Waals surface area contributed by atoms with E-state index in [-0.39, 0.29) is 17.2 Å². The summed E-state index contributed by atoms with van der Waals surface area (Å²) in [6, 6.07) is 3.13. The van der Waals surface area contributed by atoms with Gasteiger partial charge < -0.3 is 0 Å². The SMILES string of the molecule is O=C(C=Cc1ccc(F)cc1F)CCl. The zero-order chi connectivity index (χ0) is 10.6. The fourth-order valence-electron chi connectivity index (χ4n) is 0.864. The van der Waals surface area contributed by atoms with Crippen LogP contribution in [0.4, 0.5) is 8.78 Å². The Balaban J connectivity index is 2.87. The molecule has 0 saturated heterocycles. The molecule has 0 unspecified atom stereocenters. The van der Waals surface area contributed by atoms with Crippen molar-refractivity contribution < 1.29 is 13.6 Å². The highest BCUT2D eigenvalue weighted by Gasteiger charge is 2.00. The molecule has 0 aliphatic rings. The Kier molecular flexibility index (Phi) is 3.77. The van der Waals surface area contributed by atoms with Crippen molar-refractivity contribution in [1.29, 1.82) is 0 Å². The van der Waals surface area contributed by atoms with Gasteiger partial charge in [-0.2, -0.15) is 0 Å². The first-order valence-electron chi connectivity index (χ1n) is 3.85. The van der Waals surface area contributed by atoms with E-state index in [2.05, 4.69) is 0 Å². The topological polar surface area (TPSA) is 17.1 Å². The summed E-state index contributed by atoms with van der Waals surface area (Å²) in [7, 11) is 0. The third-order valence-corrected chi connectivity index (χ3v) is 1.81. The average molecular weight is 217 g/mol. The molecule has 1 aromatic carbocycles. The van der Waals surface area contributed by atoms with E-state index in [1.54, 1.807) is 0 Å². The molecule has 0 bridgehead atoms. The number of halogens is 3. The highest BCUT2D eigenvalue weighted by molar-refractivity contribution is 6.29. The fraction of sp³-hybridized carbons (Fsp3) is 0.100. The van der Waals surface area contributed by atoms with Crippen LogP contribution < -0.4 is 0 Å². The average Bonchev–Trinajstić information content (AvgIpc) is 2.16. The number of carbonyl (C=O) groups is 1. The quantitative estimate of drug-likeness (QED) is 0.561. The van der Waals surface area contributed by atoms with E-state index in [0.717, 1.165) is 18.2 Å². The number of carbonyl (C=O) groups excluding carboxylic acids is 1. The molecule has 0 heterocycles. The van der Waals surface area contributed by atoms with Crippen LogP contribution in [0.15, 0.2) is 24.3 Å². The van der Waals surface area contributed by atoms with Crippen LogP contribution in [0.3, 0.4) is 0 Å². The second kappa shape index (κ2) is 4.86. The first-order chi connectivity index (χ1) is 6.63. The minimum Gasteiger partial charge on any atom is -0.294 e. The first-order valence-corrected chi connectivity index (χ1v) is 4.39. The van der Waals surface area contributed by atoms with Crippen LogP contribution in [0.2, 0.25) is 0 Å². The molecule has 0 saturated carbocycles.